The number of carbonyl (C=O) groups excluding carboxylic acids is 1. The van der Waals surface area contributed by atoms with Gasteiger partial charge in [0.05, 0.1) is 5.92 Å². The Morgan fingerprint density at radius 1 is 1.21 bits per heavy atom. The van der Waals surface area contributed by atoms with Crippen LogP contribution >= 0.6 is 0 Å². The summed E-state index contributed by atoms with van der Waals surface area (Å²) in [7, 11) is 1.60. The molecule has 0 atom stereocenters. The summed E-state index contributed by atoms with van der Waals surface area (Å²) in [6.45, 7) is 1.49. The summed E-state index contributed by atoms with van der Waals surface area (Å²) in [6, 6.07) is 7.40. The van der Waals surface area contributed by atoms with Gasteiger partial charge in [-0.15, -0.1) is 0 Å². The van der Waals surface area contributed by atoms with Crippen LogP contribution in [0, 0.1) is 5.92 Å². The Morgan fingerprint density at radius 2 is 1.79 bits per heavy atom. The first-order valence-corrected chi connectivity index (χ1v) is 6.41. The monoisotopic (exact) mass is 262 g/mol. The molecule has 5 nitrogen and oxygen atoms in total. The molecule has 1 aromatic carbocycles. The van der Waals surface area contributed by atoms with Crippen molar-refractivity contribution in [3.63, 3.8) is 0 Å². The van der Waals surface area contributed by atoms with Crippen molar-refractivity contribution in [1.29, 1.82) is 0 Å². The largest absolute Gasteiger partial charge is 0.481 e. The Hall–Kier alpha value is -2.04. The first-order valence-electron chi connectivity index (χ1n) is 6.41. The predicted octanol–water partition coefficient (Wildman–Crippen LogP) is 1.35. The Kier molecular flexibility index (Phi) is 4.04. The first kappa shape index (κ1) is 13.4. The number of piperidine rings is 1. The van der Waals surface area contributed by atoms with Crippen molar-refractivity contribution in [3.05, 3.63) is 29.8 Å². The van der Waals surface area contributed by atoms with Gasteiger partial charge in [0.25, 0.3) is 5.91 Å². The number of carbonyl (C=O) groups is 2. The lowest BCUT2D eigenvalue weighted by Crippen LogP contribution is -2.36. The molecule has 1 amide bonds. The molecule has 2 rings (SSSR count). The molecule has 1 aromatic rings. The quantitative estimate of drug-likeness (QED) is 0.862. The van der Waals surface area contributed by atoms with E-state index in [-0.39, 0.29) is 11.8 Å². The summed E-state index contributed by atoms with van der Waals surface area (Å²) < 4.78 is 0. The molecule has 0 aromatic heterocycles. The van der Waals surface area contributed by atoms with Crippen molar-refractivity contribution in [1.82, 2.24) is 5.32 Å². The fourth-order valence-corrected chi connectivity index (χ4v) is 2.35. The molecule has 102 valence electrons. The third-order valence-corrected chi connectivity index (χ3v) is 3.57. The van der Waals surface area contributed by atoms with Crippen LogP contribution in [-0.2, 0) is 4.79 Å². The van der Waals surface area contributed by atoms with Gasteiger partial charge in [-0.1, -0.05) is 0 Å². The highest BCUT2D eigenvalue weighted by Gasteiger charge is 2.24. The van der Waals surface area contributed by atoms with Crippen LogP contribution in [0.5, 0.6) is 0 Å². The summed E-state index contributed by atoms with van der Waals surface area (Å²) in [5.74, 6) is -1.02. The van der Waals surface area contributed by atoms with Crippen LogP contribution < -0.4 is 10.2 Å². The van der Waals surface area contributed by atoms with Gasteiger partial charge in [-0.2, -0.15) is 0 Å². The molecule has 0 aliphatic carbocycles. The Morgan fingerprint density at radius 3 is 2.26 bits per heavy atom. The van der Waals surface area contributed by atoms with Crippen LogP contribution in [0.15, 0.2) is 24.3 Å². The van der Waals surface area contributed by atoms with Crippen LogP contribution in [0.4, 0.5) is 5.69 Å². The molecule has 1 aliphatic rings. The van der Waals surface area contributed by atoms with E-state index in [1.807, 2.05) is 12.1 Å². The molecule has 2 N–H and O–H groups in total. The van der Waals surface area contributed by atoms with E-state index in [0.717, 1.165) is 18.8 Å². The second-order valence-corrected chi connectivity index (χ2v) is 4.73. The van der Waals surface area contributed by atoms with Crippen LogP contribution in [0.1, 0.15) is 23.2 Å². The number of rotatable bonds is 3. The van der Waals surface area contributed by atoms with Crippen molar-refractivity contribution in [2.24, 2.45) is 5.92 Å². The number of carboxylic acid groups (broad SMARTS) is 1. The van der Waals surface area contributed by atoms with Gasteiger partial charge in [0.2, 0.25) is 0 Å². The average molecular weight is 262 g/mol. The molecule has 5 heteroatoms. The molecule has 1 aliphatic heterocycles. The van der Waals surface area contributed by atoms with Crippen molar-refractivity contribution >= 4 is 17.6 Å². The Labute approximate surface area is 112 Å². The minimum Gasteiger partial charge on any atom is -0.481 e. The fourth-order valence-electron chi connectivity index (χ4n) is 2.35. The van der Waals surface area contributed by atoms with Crippen LogP contribution in [0.2, 0.25) is 0 Å². The van der Waals surface area contributed by atoms with Gasteiger partial charge in [-0.25, -0.2) is 0 Å². The van der Waals surface area contributed by atoms with Gasteiger partial charge in [-0.05, 0) is 37.1 Å². The lowest BCUT2D eigenvalue weighted by molar-refractivity contribution is -0.142. The molecule has 1 saturated heterocycles. The van der Waals surface area contributed by atoms with Crippen molar-refractivity contribution in [2.75, 3.05) is 25.0 Å². The van der Waals surface area contributed by atoms with E-state index >= 15 is 0 Å². The predicted molar refractivity (Wildman–Crippen MR) is 72.4 cm³/mol. The number of benzene rings is 1. The highest BCUT2D eigenvalue weighted by Crippen LogP contribution is 2.23. The fraction of sp³-hybridized carbons (Fsp3) is 0.429. The Balaban J connectivity index is 2.00. The lowest BCUT2D eigenvalue weighted by Gasteiger charge is -2.32. The molecule has 0 spiro atoms. The van der Waals surface area contributed by atoms with Crippen molar-refractivity contribution in [3.8, 4) is 0 Å². The summed E-state index contributed by atoms with van der Waals surface area (Å²) >= 11 is 0. The maximum atomic E-state index is 11.4. The number of nitrogens with zero attached hydrogens (tertiary/aromatic N) is 1. The minimum absolute atomic E-state index is 0.101. The molecule has 0 radical (unpaired) electrons. The number of hydrogen-bond acceptors (Lipinski definition) is 3. The maximum absolute atomic E-state index is 11.4. The minimum atomic E-state index is -0.699. The van der Waals surface area contributed by atoms with Crippen molar-refractivity contribution in [2.45, 2.75) is 12.8 Å². The number of aliphatic carboxylic acids is 1. The number of amides is 1. The molecular formula is C14H18N2O3. The average Bonchev–Trinajstić information content (AvgIpc) is 2.46. The van der Waals surface area contributed by atoms with Gasteiger partial charge in [-0.3, -0.25) is 9.59 Å². The smallest absolute Gasteiger partial charge is 0.306 e. The molecule has 19 heavy (non-hydrogen) atoms. The van der Waals surface area contributed by atoms with Crippen LogP contribution in [0.3, 0.4) is 0 Å². The van der Waals surface area contributed by atoms with Crippen LogP contribution in [0.25, 0.3) is 0 Å². The number of carboxylic acids is 1. The second kappa shape index (κ2) is 5.73. The molecule has 0 saturated carbocycles. The molecule has 0 unspecified atom stereocenters. The van der Waals surface area contributed by atoms with E-state index in [4.69, 9.17) is 5.11 Å². The number of anilines is 1. The highest BCUT2D eigenvalue weighted by molar-refractivity contribution is 5.94. The first-order chi connectivity index (χ1) is 9.11. The lowest BCUT2D eigenvalue weighted by atomic mass is 9.96. The SMILES string of the molecule is CNC(=O)c1ccc(N2CCC(C(=O)O)CC2)cc1. The van der Waals surface area contributed by atoms with E-state index in [0.29, 0.717) is 18.4 Å². The van der Waals surface area contributed by atoms with Gasteiger partial charge in [0.15, 0.2) is 0 Å². The molecule has 1 heterocycles. The molecule has 0 bridgehead atoms. The number of hydrogen-bond donors (Lipinski definition) is 2. The van der Waals surface area contributed by atoms with Crippen LogP contribution in [-0.4, -0.2) is 37.1 Å². The molecule has 1 fully saturated rings. The van der Waals surface area contributed by atoms with Gasteiger partial charge >= 0.3 is 5.97 Å². The summed E-state index contributed by atoms with van der Waals surface area (Å²) in [5, 5.41) is 11.5. The normalized spacial score (nSPS) is 16.2. The summed E-state index contributed by atoms with van der Waals surface area (Å²) in [6.07, 6.45) is 1.35. The second-order valence-electron chi connectivity index (χ2n) is 4.73. The zero-order chi connectivity index (χ0) is 13.8. The van der Waals surface area contributed by atoms with E-state index in [1.54, 1.807) is 19.2 Å². The highest BCUT2D eigenvalue weighted by atomic mass is 16.4. The summed E-state index contributed by atoms with van der Waals surface area (Å²) in [5.41, 5.74) is 1.67. The Bertz CT molecular complexity index is 462. The zero-order valence-electron chi connectivity index (χ0n) is 10.9. The van der Waals surface area contributed by atoms with E-state index < -0.39 is 5.97 Å². The topological polar surface area (TPSA) is 69.6 Å². The van der Waals surface area contributed by atoms with E-state index in [1.165, 1.54) is 0 Å². The third-order valence-electron chi connectivity index (χ3n) is 3.57. The van der Waals surface area contributed by atoms with E-state index in [2.05, 4.69) is 10.2 Å². The van der Waals surface area contributed by atoms with Gasteiger partial charge in [0, 0.05) is 31.4 Å². The maximum Gasteiger partial charge on any atom is 0.306 e. The van der Waals surface area contributed by atoms with Gasteiger partial charge in [0.1, 0.15) is 0 Å². The van der Waals surface area contributed by atoms with Gasteiger partial charge < -0.3 is 15.3 Å². The number of nitrogens with one attached hydrogen (secondary N) is 1. The third kappa shape index (κ3) is 3.05. The molecular weight excluding hydrogens is 244 g/mol. The van der Waals surface area contributed by atoms with E-state index in [9.17, 15) is 9.59 Å². The standard InChI is InChI=1S/C14H18N2O3/c1-15-13(17)10-2-4-12(5-3-10)16-8-6-11(7-9-16)14(18)19/h2-5,11H,6-9H2,1H3,(H,15,17)(H,18,19). The zero-order valence-corrected chi connectivity index (χ0v) is 10.9. The van der Waals surface area contributed by atoms with Crippen molar-refractivity contribution < 1.29 is 14.7 Å². The summed E-state index contributed by atoms with van der Waals surface area (Å²) in [4.78, 5) is 24.5.